The molecule has 122 valence electrons. The van der Waals surface area contributed by atoms with Gasteiger partial charge in [0.2, 0.25) is 0 Å². The molecule has 4 atom stereocenters. The van der Waals surface area contributed by atoms with Gasteiger partial charge in [-0.2, -0.15) is 5.26 Å². The highest BCUT2D eigenvalue weighted by molar-refractivity contribution is 5.69. The normalized spacial score (nSPS) is 27.4. The molecule has 0 bridgehead atoms. The quantitative estimate of drug-likeness (QED) is 0.593. The first kappa shape index (κ1) is 15.6. The Morgan fingerprint density at radius 3 is 2.74 bits per heavy atom. The molecule has 3 N–H and O–H groups in total. The minimum absolute atomic E-state index is 0.0724. The van der Waals surface area contributed by atoms with Crippen LogP contribution in [0, 0.1) is 11.3 Å². The number of aliphatic hydroxyl groups is 3. The number of imidazole rings is 1. The fourth-order valence-corrected chi connectivity index (χ4v) is 2.57. The first-order valence-corrected chi connectivity index (χ1v) is 7.00. The smallest absolute Gasteiger partial charge is 0.281 e. The average Bonchev–Trinajstić information content (AvgIpc) is 3.10. The number of hydrogen-bond acceptors (Lipinski definition) is 8. The Hall–Kier alpha value is -2.32. The van der Waals surface area contributed by atoms with Crippen LogP contribution in [0.5, 0.6) is 0 Å². The zero-order chi connectivity index (χ0) is 16.6. The van der Waals surface area contributed by atoms with Crippen molar-refractivity contribution >= 4 is 11.2 Å². The summed E-state index contributed by atoms with van der Waals surface area (Å²) in [6, 6.07) is 1.95. The third-order valence-corrected chi connectivity index (χ3v) is 3.81. The molecule has 10 heteroatoms. The minimum Gasteiger partial charge on any atom is -0.394 e. The van der Waals surface area contributed by atoms with Crippen LogP contribution in [0.15, 0.2) is 17.4 Å². The number of ether oxygens (including phenoxy) is 1. The summed E-state index contributed by atoms with van der Waals surface area (Å²) in [7, 11) is 0. The van der Waals surface area contributed by atoms with E-state index >= 15 is 0 Å². The Labute approximate surface area is 129 Å². The van der Waals surface area contributed by atoms with Crippen LogP contribution in [-0.2, 0) is 11.3 Å². The second-order valence-corrected chi connectivity index (χ2v) is 5.20. The van der Waals surface area contributed by atoms with Crippen molar-refractivity contribution in [3.05, 3.63) is 23.0 Å². The van der Waals surface area contributed by atoms with Crippen LogP contribution in [0.2, 0.25) is 0 Å². The molecule has 1 aliphatic rings. The van der Waals surface area contributed by atoms with Gasteiger partial charge in [-0.3, -0.25) is 13.9 Å². The Balaban J connectivity index is 1.99. The van der Waals surface area contributed by atoms with Crippen LogP contribution in [0.4, 0.5) is 0 Å². The standard InChI is InChI=1S/C13H15N5O5/c14-2-1-3-17-5-16-11-8(12(17)22)15-6-18(11)13-10(21)9(20)7(4-19)23-13/h5-7,9-10,13,19-21H,1,3-4H2/t7-,9-,10-,13-/m1/s1. The average molecular weight is 321 g/mol. The fourth-order valence-electron chi connectivity index (χ4n) is 2.57. The van der Waals surface area contributed by atoms with Crippen LogP contribution in [-0.4, -0.2) is 59.3 Å². The van der Waals surface area contributed by atoms with Crippen molar-refractivity contribution in [2.75, 3.05) is 6.61 Å². The van der Waals surface area contributed by atoms with Crippen LogP contribution in [0.3, 0.4) is 0 Å². The van der Waals surface area contributed by atoms with E-state index in [1.54, 1.807) is 0 Å². The number of aliphatic hydroxyl groups excluding tert-OH is 3. The van der Waals surface area contributed by atoms with Crippen LogP contribution in [0.25, 0.3) is 11.2 Å². The van der Waals surface area contributed by atoms with Gasteiger partial charge in [-0.25, -0.2) is 9.97 Å². The molecule has 3 rings (SSSR count). The van der Waals surface area contributed by atoms with Crippen LogP contribution < -0.4 is 5.56 Å². The topological polar surface area (TPSA) is 146 Å². The molecule has 0 radical (unpaired) electrons. The molecule has 2 aromatic rings. The van der Waals surface area contributed by atoms with Crippen LogP contribution in [0.1, 0.15) is 12.6 Å². The maximum absolute atomic E-state index is 12.3. The highest BCUT2D eigenvalue weighted by atomic mass is 16.6. The summed E-state index contributed by atoms with van der Waals surface area (Å²) in [4.78, 5) is 20.4. The molecule has 23 heavy (non-hydrogen) atoms. The number of rotatable bonds is 4. The van der Waals surface area contributed by atoms with Crippen molar-refractivity contribution in [1.29, 1.82) is 5.26 Å². The maximum Gasteiger partial charge on any atom is 0.281 e. The highest BCUT2D eigenvalue weighted by Crippen LogP contribution is 2.30. The molecule has 1 fully saturated rings. The lowest BCUT2D eigenvalue weighted by atomic mass is 10.1. The van der Waals surface area contributed by atoms with E-state index in [2.05, 4.69) is 9.97 Å². The zero-order valence-electron chi connectivity index (χ0n) is 12.0. The molecular formula is C13H15N5O5. The van der Waals surface area contributed by atoms with Crippen LogP contribution >= 0.6 is 0 Å². The van der Waals surface area contributed by atoms with Gasteiger partial charge in [0.05, 0.1) is 25.4 Å². The summed E-state index contributed by atoms with van der Waals surface area (Å²) in [5.41, 5.74) is -0.142. The van der Waals surface area contributed by atoms with E-state index in [-0.39, 0.29) is 24.1 Å². The van der Waals surface area contributed by atoms with Gasteiger partial charge in [0.1, 0.15) is 24.6 Å². The second kappa shape index (κ2) is 6.05. The molecular weight excluding hydrogens is 306 g/mol. The molecule has 3 heterocycles. The number of nitrogens with zero attached hydrogens (tertiary/aromatic N) is 5. The van der Waals surface area contributed by atoms with Gasteiger partial charge in [-0.15, -0.1) is 0 Å². The Morgan fingerprint density at radius 2 is 2.09 bits per heavy atom. The lowest BCUT2D eigenvalue weighted by Crippen LogP contribution is -2.33. The minimum atomic E-state index is -1.28. The molecule has 0 unspecified atom stereocenters. The molecule has 0 aromatic carbocycles. The predicted octanol–water partition coefficient (Wildman–Crippen LogP) is -1.88. The van der Waals surface area contributed by atoms with Gasteiger partial charge in [0.15, 0.2) is 17.4 Å². The second-order valence-electron chi connectivity index (χ2n) is 5.20. The number of aryl methyl sites for hydroxylation is 1. The van der Waals surface area contributed by atoms with Gasteiger partial charge >= 0.3 is 0 Å². The van der Waals surface area contributed by atoms with Crippen molar-refractivity contribution in [3.63, 3.8) is 0 Å². The predicted molar refractivity (Wildman–Crippen MR) is 75.0 cm³/mol. The van der Waals surface area contributed by atoms with Gasteiger partial charge in [0, 0.05) is 6.54 Å². The fraction of sp³-hybridized carbons (Fsp3) is 0.538. The third kappa shape index (κ3) is 2.49. The number of aromatic nitrogens is 4. The number of nitriles is 1. The Morgan fingerprint density at radius 1 is 1.30 bits per heavy atom. The number of fused-ring (bicyclic) bond motifs is 1. The molecule has 10 nitrogen and oxygen atoms in total. The van der Waals surface area contributed by atoms with Gasteiger partial charge in [-0.1, -0.05) is 0 Å². The van der Waals surface area contributed by atoms with E-state index in [0.717, 1.165) is 0 Å². The summed E-state index contributed by atoms with van der Waals surface area (Å²) in [6.07, 6.45) is -1.72. The van der Waals surface area contributed by atoms with E-state index in [4.69, 9.17) is 15.1 Å². The first-order chi connectivity index (χ1) is 11.1. The summed E-state index contributed by atoms with van der Waals surface area (Å²) >= 11 is 0. The molecule has 0 amide bonds. The van der Waals surface area contributed by atoms with Crippen molar-refractivity contribution in [1.82, 2.24) is 19.1 Å². The van der Waals surface area contributed by atoms with Gasteiger partial charge in [0.25, 0.3) is 5.56 Å². The summed E-state index contributed by atoms with van der Waals surface area (Å²) in [6.45, 7) is -0.241. The van der Waals surface area contributed by atoms with E-state index in [1.807, 2.05) is 6.07 Å². The van der Waals surface area contributed by atoms with E-state index in [9.17, 15) is 15.0 Å². The lowest BCUT2D eigenvalue weighted by molar-refractivity contribution is -0.0511. The van der Waals surface area contributed by atoms with Crippen molar-refractivity contribution in [3.8, 4) is 6.07 Å². The zero-order valence-corrected chi connectivity index (χ0v) is 12.0. The summed E-state index contributed by atoms with van der Waals surface area (Å²) in [5, 5.41) is 37.6. The Kier molecular flexibility index (Phi) is 4.10. The summed E-state index contributed by atoms with van der Waals surface area (Å²) in [5.74, 6) is 0. The monoisotopic (exact) mass is 321 g/mol. The van der Waals surface area contributed by atoms with E-state index in [1.165, 1.54) is 21.8 Å². The maximum atomic E-state index is 12.3. The third-order valence-electron chi connectivity index (χ3n) is 3.81. The molecule has 2 aromatic heterocycles. The van der Waals surface area contributed by atoms with E-state index < -0.39 is 36.7 Å². The number of hydrogen-bond donors (Lipinski definition) is 3. The molecule has 1 aliphatic heterocycles. The molecule has 0 spiro atoms. The lowest BCUT2D eigenvalue weighted by Gasteiger charge is -2.16. The van der Waals surface area contributed by atoms with Crippen molar-refractivity contribution in [2.24, 2.45) is 0 Å². The first-order valence-electron chi connectivity index (χ1n) is 7.00. The molecule has 0 saturated carbocycles. The van der Waals surface area contributed by atoms with Crippen molar-refractivity contribution in [2.45, 2.75) is 37.5 Å². The van der Waals surface area contributed by atoms with Gasteiger partial charge in [-0.05, 0) is 0 Å². The SMILES string of the molecule is N#CCCn1cnc2c(ncn2[C@@H]2O[C@H](CO)[C@@H](O)[C@H]2O)c1=O. The Bertz CT molecular complexity index is 809. The van der Waals surface area contributed by atoms with Crippen molar-refractivity contribution < 1.29 is 20.1 Å². The largest absolute Gasteiger partial charge is 0.394 e. The molecule has 0 aliphatic carbocycles. The highest BCUT2D eigenvalue weighted by Gasteiger charge is 2.44. The van der Waals surface area contributed by atoms with Gasteiger partial charge < -0.3 is 20.1 Å². The van der Waals surface area contributed by atoms with E-state index in [0.29, 0.717) is 0 Å². The molecule has 1 saturated heterocycles. The summed E-state index contributed by atoms with van der Waals surface area (Å²) < 4.78 is 8.02.